The van der Waals surface area contributed by atoms with Crippen molar-refractivity contribution in [3.8, 4) is 0 Å². The summed E-state index contributed by atoms with van der Waals surface area (Å²) >= 11 is 0. The Hall–Kier alpha value is -1.56. The maximum absolute atomic E-state index is 2.47. The van der Waals surface area contributed by atoms with Gasteiger partial charge in [-0.25, -0.2) is 0 Å². The molecule has 0 nitrogen and oxygen atoms in total. The van der Waals surface area contributed by atoms with Crippen LogP contribution >= 0.6 is 0 Å². The van der Waals surface area contributed by atoms with E-state index in [1.54, 1.807) is 22.3 Å². The summed E-state index contributed by atoms with van der Waals surface area (Å²) < 4.78 is 0. The lowest BCUT2D eigenvalue weighted by Gasteiger charge is -2.40. The van der Waals surface area contributed by atoms with Crippen LogP contribution in [0.3, 0.4) is 0 Å². The van der Waals surface area contributed by atoms with E-state index in [9.17, 15) is 0 Å². The minimum atomic E-state index is 0.336. The molecule has 0 saturated carbocycles. The van der Waals surface area contributed by atoms with E-state index in [1.807, 2.05) is 0 Å². The molecule has 0 saturated heterocycles. The van der Waals surface area contributed by atoms with E-state index in [0.717, 1.165) is 0 Å². The molecule has 22 heavy (non-hydrogen) atoms. The Labute approximate surface area is 134 Å². The van der Waals surface area contributed by atoms with Crippen LogP contribution in [0.1, 0.15) is 61.8 Å². The third-order valence-corrected chi connectivity index (χ3v) is 6.09. The minimum Gasteiger partial charge on any atom is -0.0620 e. The first-order valence-electron chi connectivity index (χ1n) is 8.56. The smallest absolute Gasteiger partial charge is 0.00305 e. The van der Waals surface area contributed by atoms with E-state index in [1.165, 1.54) is 12.8 Å². The highest BCUT2D eigenvalue weighted by molar-refractivity contribution is 5.47. The molecule has 2 unspecified atom stereocenters. The summed E-state index contributed by atoms with van der Waals surface area (Å²) in [7, 11) is 0. The molecule has 2 aliphatic carbocycles. The van der Waals surface area contributed by atoms with Crippen LogP contribution in [0, 0.1) is 10.8 Å². The van der Waals surface area contributed by atoms with Gasteiger partial charge in [0.05, 0.1) is 0 Å². The van der Waals surface area contributed by atoms with E-state index in [0.29, 0.717) is 22.7 Å². The second kappa shape index (κ2) is 4.47. The Bertz CT molecular complexity index is 657. The molecule has 114 valence electrons. The highest BCUT2D eigenvalue weighted by Gasteiger charge is 2.51. The fraction of sp³-hybridized carbons (Fsp3) is 0.455. The van der Waals surface area contributed by atoms with Gasteiger partial charge in [-0.3, -0.25) is 0 Å². The van der Waals surface area contributed by atoms with Gasteiger partial charge in [0, 0.05) is 0 Å². The van der Waals surface area contributed by atoms with E-state index in [4.69, 9.17) is 0 Å². The minimum absolute atomic E-state index is 0.336. The summed E-state index contributed by atoms with van der Waals surface area (Å²) in [5.74, 6) is 1.25. The SMILES string of the molecule is CC1(C)Cc2ccccc2C1C1c2ccccc2CC1(C)C. The fourth-order valence-electron chi connectivity index (χ4n) is 5.30. The van der Waals surface area contributed by atoms with Crippen LogP contribution in [-0.2, 0) is 12.8 Å². The number of rotatable bonds is 1. The first-order valence-corrected chi connectivity index (χ1v) is 8.56. The Balaban J connectivity index is 1.90. The lowest BCUT2D eigenvalue weighted by Crippen LogP contribution is -2.30. The molecule has 0 radical (unpaired) electrons. The summed E-state index contributed by atoms with van der Waals surface area (Å²) in [5.41, 5.74) is 7.01. The monoisotopic (exact) mass is 290 g/mol. The van der Waals surface area contributed by atoms with Crippen LogP contribution in [0.2, 0.25) is 0 Å². The predicted octanol–water partition coefficient (Wildman–Crippen LogP) is 5.72. The topological polar surface area (TPSA) is 0 Å². The molecule has 0 heteroatoms. The molecule has 0 amide bonds. The highest BCUT2D eigenvalue weighted by atomic mass is 14.5. The van der Waals surface area contributed by atoms with Crippen LogP contribution in [0.25, 0.3) is 0 Å². The van der Waals surface area contributed by atoms with Gasteiger partial charge in [0.15, 0.2) is 0 Å². The Morgan fingerprint density at radius 1 is 0.636 bits per heavy atom. The van der Waals surface area contributed by atoms with Crippen LogP contribution in [-0.4, -0.2) is 0 Å². The summed E-state index contributed by atoms with van der Waals surface area (Å²) in [4.78, 5) is 0. The zero-order valence-electron chi connectivity index (χ0n) is 14.2. The molecule has 0 bridgehead atoms. The van der Waals surface area contributed by atoms with Crippen molar-refractivity contribution >= 4 is 0 Å². The van der Waals surface area contributed by atoms with Gasteiger partial charge in [-0.1, -0.05) is 76.2 Å². The van der Waals surface area contributed by atoms with Gasteiger partial charge in [-0.15, -0.1) is 0 Å². The molecule has 0 heterocycles. The summed E-state index contributed by atoms with van der Waals surface area (Å²) in [5, 5.41) is 0. The zero-order valence-corrected chi connectivity index (χ0v) is 14.2. The first-order chi connectivity index (χ1) is 10.4. The van der Waals surface area contributed by atoms with Crippen molar-refractivity contribution < 1.29 is 0 Å². The van der Waals surface area contributed by atoms with Crippen molar-refractivity contribution in [2.45, 2.75) is 52.4 Å². The van der Waals surface area contributed by atoms with Gasteiger partial charge < -0.3 is 0 Å². The van der Waals surface area contributed by atoms with Gasteiger partial charge >= 0.3 is 0 Å². The van der Waals surface area contributed by atoms with E-state index < -0.39 is 0 Å². The molecule has 0 N–H and O–H groups in total. The van der Waals surface area contributed by atoms with Crippen LogP contribution in [0.15, 0.2) is 48.5 Å². The Morgan fingerprint density at radius 3 is 1.41 bits per heavy atom. The number of hydrogen-bond donors (Lipinski definition) is 0. The molecule has 2 aromatic rings. The first kappa shape index (κ1) is 14.1. The van der Waals surface area contributed by atoms with Gasteiger partial charge in [-0.2, -0.15) is 0 Å². The molecule has 2 atom stereocenters. The van der Waals surface area contributed by atoms with Gasteiger partial charge in [0.1, 0.15) is 0 Å². The average Bonchev–Trinajstić information content (AvgIpc) is 2.86. The molecule has 2 aliphatic rings. The second-order valence-electron chi connectivity index (χ2n) is 8.68. The number of fused-ring (bicyclic) bond motifs is 2. The summed E-state index contributed by atoms with van der Waals surface area (Å²) in [6.45, 7) is 9.87. The van der Waals surface area contributed by atoms with Crippen molar-refractivity contribution in [1.29, 1.82) is 0 Å². The lowest BCUT2D eigenvalue weighted by molar-refractivity contribution is 0.188. The lowest BCUT2D eigenvalue weighted by atomic mass is 9.63. The summed E-state index contributed by atoms with van der Waals surface area (Å²) in [6, 6.07) is 18.3. The van der Waals surface area contributed by atoms with Crippen molar-refractivity contribution in [3.63, 3.8) is 0 Å². The molecule has 0 spiro atoms. The second-order valence-corrected chi connectivity index (χ2v) is 8.68. The fourth-order valence-corrected chi connectivity index (χ4v) is 5.30. The maximum atomic E-state index is 2.47. The van der Waals surface area contributed by atoms with Gasteiger partial charge in [0.2, 0.25) is 0 Å². The molecule has 2 aromatic carbocycles. The molecule has 4 rings (SSSR count). The normalized spacial score (nSPS) is 27.5. The standard InChI is InChI=1S/C22H26/c1-21(2)13-15-9-5-7-11-17(15)19(21)20-18-12-8-6-10-16(18)14-22(20,3)4/h5-12,19-20H,13-14H2,1-4H3. The number of hydrogen-bond acceptors (Lipinski definition) is 0. The Morgan fingerprint density at radius 2 is 1.00 bits per heavy atom. The van der Waals surface area contributed by atoms with Crippen LogP contribution in [0.5, 0.6) is 0 Å². The van der Waals surface area contributed by atoms with Crippen molar-refractivity contribution in [3.05, 3.63) is 70.8 Å². The van der Waals surface area contributed by atoms with Crippen molar-refractivity contribution in [2.24, 2.45) is 10.8 Å². The molecule has 0 aliphatic heterocycles. The third-order valence-electron chi connectivity index (χ3n) is 6.09. The van der Waals surface area contributed by atoms with E-state index in [2.05, 4.69) is 76.2 Å². The average molecular weight is 290 g/mol. The van der Waals surface area contributed by atoms with Crippen molar-refractivity contribution in [1.82, 2.24) is 0 Å². The summed E-state index contributed by atoms with van der Waals surface area (Å²) in [6.07, 6.45) is 2.42. The highest BCUT2D eigenvalue weighted by Crippen LogP contribution is 2.62. The van der Waals surface area contributed by atoms with Crippen LogP contribution in [0.4, 0.5) is 0 Å². The van der Waals surface area contributed by atoms with Crippen molar-refractivity contribution in [2.75, 3.05) is 0 Å². The number of benzene rings is 2. The van der Waals surface area contributed by atoms with Gasteiger partial charge in [-0.05, 0) is 57.8 Å². The Kier molecular flexibility index (Phi) is 2.86. The quantitative estimate of drug-likeness (QED) is 0.630. The predicted molar refractivity (Wildman–Crippen MR) is 93.3 cm³/mol. The van der Waals surface area contributed by atoms with Crippen LogP contribution < -0.4 is 0 Å². The van der Waals surface area contributed by atoms with Gasteiger partial charge in [0.25, 0.3) is 0 Å². The molecule has 0 aromatic heterocycles. The largest absolute Gasteiger partial charge is 0.0620 e. The van der Waals surface area contributed by atoms with E-state index >= 15 is 0 Å². The molecular formula is C22H26. The third kappa shape index (κ3) is 1.89. The van der Waals surface area contributed by atoms with E-state index in [-0.39, 0.29) is 0 Å². The zero-order chi connectivity index (χ0) is 15.5. The molecule has 0 fully saturated rings. The maximum Gasteiger partial charge on any atom is -0.00305 e. The molecular weight excluding hydrogens is 264 g/mol.